The third kappa shape index (κ3) is 6.42. The van der Waals surface area contributed by atoms with Crippen molar-refractivity contribution in [3.05, 3.63) is 64.4 Å². The van der Waals surface area contributed by atoms with Crippen molar-refractivity contribution in [1.29, 1.82) is 0 Å². The maximum atomic E-state index is 12.8. The summed E-state index contributed by atoms with van der Waals surface area (Å²) in [6, 6.07) is 11.1. The lowest BCUT2D eigenvalue weighted by molar-refractivity contribution is -0.121. The molecule has 0 saturated heterocycles. The number of hydrazine groups is 1. The largest absolute Gasteiger partial charge is 0.273 e. The average Bonchev–Trinajstić information content (AvgIpc) is 2.64. The normalized spacial score (nSPS) is 11.0. The molecule has 0 radical (unpaired) electrons. The Hall–Kier alpha value is -2.30. The van der Waals surface area contributed by atoms with Crippen molar-refractivity contribution in [2.45, 2.75) is 17.7 Å². The Balaban J connectivity index is 1.72. The zero-order valence-electron chi connectivity index (χ0n) is 14.0. The Morgan fingerprint density at radius 2 is 1.67 bits per heavy atom. The van der Waals surface area contributed by atoms with E-state index in [1.54, 1.807) is 24.3 Å². The summed E-state index contributed by atoms with van der Waals surface area (Å²) >= 11 is 3.24. The van der Waals surface area contributed by atoms with Crippen LogP contribution in [0.1, 0.15) is 23.2 Å². The molecule has 2 aromatic rings. The van der Waals surface area contributed by atoms with Gasteiger partial charge in [-0.15, -0.1) is 0 Å². The van der Waals surface area contributed by atoms with Gasteiger partial charge in [-0.25, -0.2) is 17.5 Å². The Bertz CT molecular complexity index is 920. The van der Waals surface area contributed by atoms with Gasteiger partial charge in [0.05, 0.1) is 10.5 Å². The number of amides is 2. The van der Waals surface area contributed by atoms with Crippen LogP contribution in [0.25, 0.3) is 0 Å². The summed E-state index contributed by atoms with van der Waals surface area (Å²) in [7, 11) is -3.76. The summed E-state index contributed by atoms with van der Waals surface area (Å²) in [6.45, 7) is 0.0192. The Labute approximate surface area is 164 Å². The molecule has 0 aromatic heterocycles. The smallest absolute Gasteiger partial charge is 0.270 e. The van der Waals surface area contributed by atoms with Gasteiger partial charge in [0.1, 0.15) is 5.82 Å². The highest BCUT2D eigenvalue weighted by molar-refractivity contribution is 9.10. The molecule has 0 bridgehead atoms. The number of sulfonamides is 1. The van der Waals surface area contributed by atoms with Gasteiger partial charge in [0.25, 0.3) is 5.91 Å². The van der Waals surface area contributed by atoms with E-state index < -0.39 is 27.7 Å². The van der Waals surface area contributed by atoms with Gasteiger partial charge in [-0.3, -0.25) is 20.4 Å². The molecule has 0 unspecified atom stereocenters. The lowest BCUT2D eigenvalue weighted by atomic mass is 10.2. The maximum Gasteiger partial charge on any atom is 0.270 e. The number of rotatable bonds is 7. The molecule has 144 valence electrons. The van der Waals surface area contributed by atoms with E-state index >= 15 is 0 Å². The summed E-state index contributed by atoms with van der Waals surface area (Å²) < 4.78 is 39.7. The fourth-order valence-corrected chi connectivity index (χ4v) is 3.59. The second-order valence-electron chi connectivity index (χ2n) is 5.44. The third-order valence-corrected chi connectivity index (χ3v) is 5.60. The first kappa shape index (κ1) is 21.0. The van der Waals surface area contributed by atoms with Crippen molar-refractivity contribution < 1.29 is 22.4 Å². The van der Waals surface area contributed by atoms with E-state index in [1.165, 1.54) is 0 Å². The molecule has 0 aliphatic rings. The van der Waals surface area contributed by atoms with E-state index in [-0.39, 0.29) is 24.3 Å². The van der Waals surface area contributed by atoms with Crippen LogP contribution in [-0.2, 0) is 14.8 Å². The molecule has 27 heavy (non-hydrogen) atoms. The SMILES string of the molecule is O=C(CCCNS(=O)(=O)c1ccc(F)cc1)NNC(=O)c1ccccc1Br. The fourth-order valence-electron chi connectivity index (χ4n) is 2.05. The number of hydrogen-bond acceptors (Lipinski definition) is 4. The number of carbonyl (C=O) groups excluding carboxylic acids is 2. The molecule has 2 amide bonds. The molecule has 2 aromatic carbocycles. The molecular weight excluding hydrogens is 441 g/mol. The zero-order chi connectivity index (χ0) is 19.9. The van der Waals surface area contributed by atoms with Gasteiger partial charge >= 0.3 is 0 Å². The second kappa shape index (κ2) is 9.58. The first-order chi connectivity index (χ1) is 12.8. The maximum absolute atomic E-state index is 12.8. The van der Waals surface area contributed by atoms with Crippen molar-refractivity contribution in [2.75, 3.05) is 6.54 Å². The number of halogens is 2. The van der Waals surface area contributed by atoms with Gasteiger partial charge in [-0.2, -0.15) is 0 Å². The van der Waals surface area contributed by atoms with Crippen LogP contribution >= 0.6 is 15.9 Å². The van der Waals surface area contributed by atoms with E-state index in [9.17, 15) is 22.4 Å². The first-order valence-corrected chi connectivity index (χ1v) is 10.2. The Kier molecular flexibility index (Phi) is 7.45. The van der Waals surface area contributed by atoms with Crippen LogP contribution in [0, 0.1) is 5.82 Å². The summed E-state index contributed by atoms with van der Waals surface area (Å²) in [5, 5.41) is 0. The minimum atomic E-state index is -3.76. The van der Waals surface area contributed by atoms with Crippen LogP contribution in [0.4, 0.5) is 4.39 Å². The topological polar surface area (TPSA) is 104 Å². The highest BCUT2D eigenvalue weighted by Gasteiger charge is 2.14. The average molecular weight is 458 g/mol. The molecule has 0 aliphatic carbocycles. The molecule has 0 aliphatic heterocycles. The van der Waals surface area contributed by atoms with Crippen molar-refractivity contribution in [3.63, 3.8) is 0 Å². The van der Waals surface area contributed by atoms with Gasteiger partial charge in [0, 0.05) is 17.4 Å². The van der Waals surface area contributed by atoms with E-state index in [1.807, 2.05) is 0 Å². The van der Waals surface area contributed by atoms with E-state index in [0.717, 1.165) is 24.3 Å². The first-order valence-electron chi connectivity index (χ1n) is 7.88. The zero-order valence-corrected chi connectivity index (χ0v) is 16.4. The lowest BCUT2D eigenvalue weighted by Gasteiger charge is -2.09. The molecule has 2 rings (SSSR count). The van der Waals surface area contributed by atoms with Crippen LogP contribution < -0.4 is 15.6 Å². The molecule has 0 atom stereocenters. The van der Waals surface area contributed by atoms with E-state index in [0.29, 0.717) is 10.0 Å². The summed E-state index contributed by atoms with van der Waals surface area (Å²) in [6.07, 6.45) is 0.222. The quantitative estimate of drug-likeness (QED) is 0.437. The molecule has 7 nitrogen and oxygen atoms in total. The van der Waals surface area contributed by atoms with Gasteiger partial charge < -0.3 is 0 Å². The fraction of sp³-hybridized carbons (Fsp3) is 0.176. The lowest BCUT2D eigenvalue weighted by Crippen LogP contribution is -2.41. The summed E-state index contributed by atoms with van der Waals surface area (Å²) in [5.74, 6) is -1.47. The standard InChI is InChI=1S/C17H17BrFN3O4S/c18-15-5-2-1-4-14(15)17(24)22-21-16(23)6-3-11-20-27(25,26)13-9-7-12(19)8-10-13/h1-2,4-5,7-10,20H,3,6,11H2,(H,21,23)(H,22,24). The predicted molar refractivity (Wildman–Crippen MR) is 101 cm³/mol. The molecule has 3 N–H and O–H groups in total. The van der Waals surface area contributed by atoms with Crippen LogP contribution in [-0.4, -0.2) is 26.8 Å². The van der Waals surface area contributed by atoms with Gasteiger partial charge in [0.15, 0.2) is 0 Å². The molecule has 0 spiro atoms. The van der Waals surface area contributed by atoms with E-state index in [4.69, 9.17) is 0 Å². The highest BCUT2D eigenvalue weighted by atomic mass is 79.9. The van der Waals surface area contributed by atoms with Crippen LogP contribution in [0.15, 0.2) is 57.9 Å². The molecule has 0 fully saturated rings. The highest BCUT2D eigenvalue weighted by Crippen LogP contribution is 2.15. The van der Waals surface area contributed by atoms with Gasteiger partial charge in [-0.05, 0) is 58.7 Å². The van der Waals surface area contributed by atoms with Crippen molar-refractivity contribution in [3.8, 4) is 0 Å². The number of hydrogen-bond donors (Lipinski definition) is 3. The van der Waals surface area contributed by atoms with Crippen LogP contribution in [0.5, 0.6) is 0 Å². The van der Waals surface area contributed by atoms with Gasteiger partial charge in [-0.1, -0.05) is 12.1 Å². The van der Waals surface area contributed by atoms with Crippen LogP contribution in [0.2, 0.25) is 0 Å². The molecular formula is C17H17BrFN3O4S. The summed E-state index contributed by atoms with van der Waals surface area (Å²) in [4.78, 5) is 23.6. The predicted octanol–water partition coefficient (Wildman–Crippen LogP) is 2.11. The van der Waals surface area contributed by atoms with E-state index in [2.05, 4.69) is 31.5 Å². The minimum Gasteiger partial charge on any atom is -0.273 e. The summed E-state index contributed by atoms with van der Waals surface area (Å²) in [5.41, 5.74) is 4.92. The second-order valence-corrected chi connectivity index (χ2v) is 8.06. The third-order valence-electron chi connectivity index (χ3n) is 3.43. The van der Waals surface area contributed by atoms with Crippen molar-refractivity contribution in [1.82, 2.24) is 15.6 Å². The Morgan fingerprint density at radius 3 is 2.33 bits per heavy atom. The Morgan fingerprint density at radius 1 is 1.00 bits per heavy atom. The number of nitrogens with one attached hydrogen (secondary N) is 3. The number of carbonyl (C=O) groups is 2. The van der Waals surface area contributed by atoms with Crippen molar-refractivity contribution >= 4 is 37.8 Å². The minimum absolute atomic E-state index is 0.00216. The molecule has 0 saturated carbocycles. The molecule has 10 heteroatoms. The van der Waals surface area contributed by atoms with Crippen molar-refractivity contribution in [2.24, 2.45) is 0 Å². The number of benzene rings is 2. The van der Waals surface area contributed by atoms with Crippen LogP contribution in [0.3, 0.4) is 0 Å². The van der Waals surface area contributed by atoms with Gasteiger partial charge in [0.2, 0.25) is 15.9 Å². The molecule has 0 heterocycles. The monoisotopic (exact) mass is 457 g/mol.